The van der Waals surface area contributed by atoms with E-state index in [0.29, 0.717) is 17.8 Å². The molecule has 0 bridgehead atoms. The Morgan fingerprint density at radius 3 is 3.06 bits per heavy atom. The van der Waals surface area contributed by atoms with Crippen LogP contribution in [0.1, 0.15) is 41.4 Å². The van der Waals surface area contributed by atoms with Crippen LogP contribution in [0.15, 0.2) is 18.3 Å². The van der Waals surface area contributed by atoms with Crippen molar-refractivity contribution in [1.29, 1.82) is 0 Å². The van der Waals surface area contributed by atoms with Gasteiger partial charge < -0.3 is 5.11 Å². The molecule has 90 valence electrons. The highest BCUT2D eigenvalue weighted by Crippen LogP contribution is 2.30. The molecule has 1 amide bonds. The number of hydrogen-bond donors (Lipinski definition) is 1. The highest BCUT2D eigenvalue weighted by atomic mass is 16.4. The van der Waals surface area contributed by atoms with Crippen molar-refractivity contribution < 1.29 is 14.7 Å². The van der Waals surface area contributed by atoms with E-state index in [2.05, 4.69) is 4.98 Å². The minimum absolute atomic E-state index is 0.289. The summed E-state index contributed by atoms with van der Waals surface area (Å²) in [6, 6.07) is 3.06. The van der Waals surface area contributed by atoms with E-state index in [4.69, 9.17) is 5.11 Å². The summed E-state index contributed by atoms with van der Waals surface area (Å²) in [6.07, 6.45) is 3.94. The molecule has 5 heteroatoms. The number of carboxylic acid groups (broad SMARTS) is 1. The molecule has 1 unspecified atom stereocenters. The van der Waals surface area contributed by atoms with Crippen molar-refractivity contribution >= 4 is 12.4 Å². The first-order chi connectivity index (χ1) is 8.24. The molecule has 5 nitrogen and oxygen atoms in total. The number of hydrogen-bond acceptors (Lipinski definition) is 3. The van der Waals surface area contributed by atoms with Gasteiger partial charge in [-0.3, -0.25) is 14.7 Å². The molecule has 0 aliphatic carbocycles. The molecule has 1 aromatic heterocycles. The van der Waals surface area contributed by atoms with Gasteiger partial charge in [-0.05, 0) is 31.4 Å². The topological polar surface area (TPSA) is 70.5 Å². The van der Waals surface area contributed by atoms with Crippen LogP contribution < -0.4 is 0 Å². The zero-order valence-corrected chi connectivity index (χ0v) is 9.37. The van der Waals surface area contributed by atoms with Gasteiger partial charge in [0, 0.05) is 18.3 Å². The highest BCUT2D eigenvalue weighted by molar-refractivity contribution is 5.77. The lowest BCUT2D eigenvalue weighted by molar-refractivity contribution is 0.103. The molecule has 1 aliphatic rings. The van der Waals surface area contributed by atoms with Crippen LogP contribution in [-0.2, 0) is 0 Å². The lowest BCUT2D eigenvalue weighted by Gasteiger charge is -2.33. The predicted molar refractivity (Wildman–Crippen MR) is 60.9 cm³/mol. The maximum atomic E-state index is 11.1. The SMILES string of the molecule is O=Cc1cccnc1C1CCCCN1C(=O)O. The average Bonchev–Trinajstić information content (AvgIpc) is 2.38. The van der Waals surface area contributed by atoms with Crippen LogP contribution in [0.4, 0.5) is 4.79 Å². The van der Waals surface area contributed by atoms with Crippen molar-refractivity contribution in [2.24, 2.45) is 0 Å². The van der Waals surface area contributed by atoms with Gasteiger partial charge in [0.25, 0.3) is 0 Å². The molecule has 17 heavy (non-hydrogen) atoms. The Hall–Kier alpha value is -1.91. The van der Waals surface area contributed by atoms with Gasteiger partial charge in [0.15, 0.2) is 6.29 Å². The quantitative estimate of drug-likeness (QED) is 0.795. The van der Waals surface area contributed by atoms with Crippen LogP contribution >= 0.6 is 0 Å². The van der Waals surface area contributed by atoms with Gasteiger partial charge in [0.1, 0.15) is 0 Å². The van der Waals surface area contributed by atoms with Gasteiger partial charge in [-0.25, -0.2) is 4.79 Å². The molecule has 0 aromatic carbocycles. The second-order valence-corrected chi connectivity index (χ2v) is 4.08. The molecule has 1 atom stereocenters. The molecule has 0 saturated carbocycles. The van der Waals surface area contributed by atoms with Crippen LogP contribution in [-0.4, -0.2) is 33.9 Å². The number of rotatable bonds is 2. The summed E-state index contributed by atoms with van der Waals surface area (Å²) >= 11 is 0. The number of amides is 1. The van der Waals surface area contributed by atoms with Gasteiger partial charge in [0.2, 0.25) is 0 Å². The monoisotopic (exact) mass is 234 g/mol. The summed E-state index contributed by atoms with van der Waals surface area (Å²) in [6.45, 7) is 0.509. The Morgan fingerprint density at radius 2 is 2.35 bits per heavy atom. The summed E-state index contributed by atoms with van der Waals surface area (Å²) in [5.74, 6) is 0. The maximum Gasteiger partial charge on any atom is 0.407 e. The number of carbonyl (C=O) groups is 2. The minimum Gasteiger partial charge on any atom is -0.465 e. The fourth-order valence-corrected chi connectivity index (χ4v) is 2.25. The van der Waals surface area contributed by atoms with Crippen LogP contribution in [0.3, 0.4) is 0 Å². The zero-order valence-electron chi connectivity index (χ0n) is 9.37. The van der Waals surface area contributed by atoms with Crippen molar-refractivity contribution in [2.45, 2.75) is 25.3 Å². The maximum absolute atomic E-state index is 11.1. The van der Waals surface area contributed by atoms with E-state index in [1.165, 1.54) is 4.90 Å². The smallest absolute Gasteiger partial charge is 0.407 e. The number of carbonyl (C=O) groups excluding carboxylic acids is 1. The number of nitrogens with zero attached hydrogens (tertiary/aromatic N) is 2. The first-order valence-corrected chi connectivity index (χ1v) is 5.63. The number of piperidine rings is 1. The molecular formula is C12H14N2O3. The Morgan fingerprint density at radius 1 is 1.53 bits per heavy atom. The molecule has 0 spiro atoms. The molecule has 1 aliphatic heterocycles. The first-order valence-electron chi connectivity index (χ1n) is 5.63. The van der Waals surface area contributed by atoms with E-state index < -0.39 is 6.09 Å². The first kappa shape index (κ1) is 11.6. The predicted octanol–water partition coefficient (Wildman–Crippen LogP) is 2.10. The molecular weight excluding hydrogens is 220 g/mol. The lowest BCUT2D eigenvalue weighted by Crippen LogP contribution is -2.38. The van der Waals surface area contributed by atoms with Gasteiger partial charge >= 0.3 is 6.09 Å². The van der Waals surface area contributed by atoms with Gasteiger partial charge in [0.05, 0.1) is 11.7 Å². The molecule has 1 fully saturated rings. The van der Waals surface area contributed by atoms with Crippen LogP contribution in [0.2, 0.25) is 0 Å². The summed E-state index contributed by atoms with van der Waals surface area (Å²) in [4.78, 5) is 27.6. The Bertz CT molecular complexity index is 434. The van der Waals surface area contributed by atoms with Gasteiger partial charge in [-0.15, -0.1) is 0 Å². The standard InChI is InChI=1S/C12H14N2O3/c15-8-9-4-3-6-13-11(9)10-5-1-2-7-14(10)12(16)17/h3-4,6,8,10H,1-2,5,7H2,(H,16,17). The Balaban J connectivity index is 2.35. The van der Waals surface area contributed by atoms with E-state index in [1.54, 1.807) is 18.3 Å². The van der Waals surface area contributed by atoms with Gasteiger partial charge in [-0.1, -0.05) is 0 Å². The third kappa shape index (κ3) is 2.27. The van der Waals surface area contributed by atoms with E-state index in [9.17, 15) is 9.59 Å². The van der Waals surface area contributed by atoms with Crippen molar-refractivity contribution in [3.05, 3.63) is 29.6 Å². The summed E-state index contributed by atoms with van der Waals surface area (Å²) < 4.78 is 0. The average molecular weight is 234 g/mol. The fraction of sp³-hybridized carbons (Fsp3) is 0.417. The summed E-state index contributed by atoms with van der Waals surface area (Å²) in [7, 11) is 0. The van der Waals surface area contributed by atoms with Crippen LogP contribution in [0.5, 0.6) is 0 Å². The highest BCUT2D eigenvalue weighted by Gasteiger charge is 2.29. The summed E-state index contributed by atoms with van der Waals surface area (Å²) in [5, 5.41) is 9.14. The van der Waals surface area contributed by atoms with E-state index in [0.717, 1.165) is 25.5 Å². The Kier molecular flexibility index (Phi) is 3.37. The fourth-order valence-electron chi connectivity index (χ4n) is 2.25. The normalized spacial score (nSPS) is 20.0. The minimum atomic E-state index is -0.947. The third-order valence-corrected chi connectivity index (χ3v) is 3.06. The molecule has 1 saturated heterocycles. The van der Waals surface area contributed by atoms with E-state index >= 15 is 0 Å². The molecule has 2 heterocycles. The molecule has 2 rings (SSSR count). The second-order valence-electron chi connectivity index (χ2n) is 4.08. The largest absolute Gasteiger partial charge is 0.465 e. The van der Waals surface area contributed by atoms with Crippen molar-refractivity contribution in [1.82, 2.24) is 9.88 Å². The van der Waals surface area contributed by atoms with Crippen molar-refractivity contribution in [2.75, 3.05) is 6.54 Å². The molecule has 1 N–H and O–H groups in total. The van der Waals surface area contributed by atoms with Crippen molar-refractivity contribution in [3.8, 4) is 0 Å². The van der Waals surface area contributed by atoms with Crippen molar-refractivity contribution in [3.63, 3.8) is 0 Å². The number of aldehydes is 1. The summed E-state index contributed by atoms with van der Waals surface area (Å²) in [5.41, 5.74) is 1.05. The second kappa shape index (κ2) is 4.95. The van der Waals surface area contributed by atoms with Crippen LogP contribution in [0, 0.1) is 0 Å². The lowest BCUT2D eigenvalue weighted by atomic mass is 9.97. The van der Waals surface area contributed by atoms with Crippen LogP contribution in [0.25, 0.3) is 0 Å². The third-order valence-electron chi connectivity index (χ3n) is 3.06. The van der Waals surface area contributed by atoms with E-state index in [1.807, 2.05) is 0 Å². The Labute approximate surface area is 99.1 Å². The number of pyridine rings is 1. The molecule has 1 aromatic rings. The van der Waals surface area contributed by atoms with E-state index in [-0.39, 0.29) is 6.04 Å². The number of likely N-dealkylation sites (tertiary alicyclic amines) is 1. The number of aromatic nitrogens is 1. The van der Waals surface area contributed by atoms with Gasteiger partial charge in [-0.2, -0.15) is 0 Å². The molecule has 0 radical (unpaired) electrons. The zero-order chi connectivity index (χ0) is 12.3.